The molecular formula is C21H20N2O4S. The Kier molecular flexibility index (Phi) is 5.65. The summed E-state index contributed by atoms with van der Waals surface area (Å²) in [5.41, 5.74) is 2.15. The molecule has 0 aromatic heterocycles. The van der Waals surface area contributed by atoms with Crippen molar-refractivity contribution in [1.82, 2.24) is 0 Å². The molecule has 1 amide bonds. The summed E-state index contributed by atoms with van der Waals surface area (Å²) in [6, 6.07) is 19.9. The molecule has 3 aromatic rings. The smallest absolute Gasteiger partial charge is 0.262 e. The van der Waals surface area contributed by atoms with Crippen molar-refractivity contribution in [1.29, 1.82) is 0 Å². The highest BCUT2D eigenvalue weighted by atomic mass is 32.2. The van der Waals surface area contributed by atoms with Gasteiger partial charge in [-0.3, -0.25) is 9.52 Å². The Morgan fingerprint density at radius 2 is 1.57 bits per heavy atom. The van der Waals surface area contributed by atoms with Gasteiger partial charge in [-0.25, -0.2) is 8.42 Å². The standard InChI is InChI=1S/C21H20N2O4S/c1-15-8-3-4-11-18(15)22-21(24)16-9-7-10-17(14-16)28(25,26)23-19-12-5-6-13-20(19)27-2/h3-14,23H,1-2H3,(H,22,24). The number of carbonyl (C=O) groups is 1. The van der Waals surface area contributed by atoms with Crippen LogP contribution in [-0.2, 0) is 10.0 Å². The number of sulfonamides is 1. The molecule has 0 bridgehead atoms. The fraction of sp³-hybridized carbons (Fsp3) is 0.0952. The van der Waals surface area contributed by atoms with Gasteiger partial charge in [-0.05, 0) is 48.9 Å². The van der Waals surface area contributed by atoms with Gasteiger partial charge in [0.25, 0.3) is 15.9 Å². The maximum atomic E-state index is 12.8. The van der Waals surface area contributed by atoms with E-state index in [4.69, 9.17) is 4.74 Å². The average Bonchev–Trinajstić information content (AvgIpc) is 2.70. The van der Waals surface area contributed by atoms with Crippen LogP contribution in [0.4, 0.5) is 11.4 Å². The van der Waals surface area contributed by atoms with Crippen molar-refractivity contribution >= 4 is 27.3 Å². The van der Waals surface area contributed by atoms with Crippen molar-refractivity contribution in [3.05, 3.63) is 83.9 Å². The van der Waals surface area contributed by atoms with E-state index in [1.807, 2.05) is 25.1 Å². The molecule has 0 heterocycles. The lowest BCUT2D eigenvalue weighted by Crippen LogP contribution is -2.16. The molecule has 0 aliphatic heterocycles. The van der Waals surface area contributed by atoms with Crippen molar-refractivity contribution in [2.45, 2.75) is 11.8 Å². The van der Waals surface area contributed by atoms with Crippen LogP contribution >= 0.6 is 0 Å². The molecule has 2 N–H and O–H groups in total. The summed E-state index contributed by atoms with van der Waals surface area (Å²) in [5.74, 6) is 0.0168. The van der Waals surface area contributed by atoms with E-state index in [1.165, 1.54) is 25.3 Å². The molecule has 7 heteroatoms. The molecule has 0 unspecified atom stereocenters. The summed E-state index contributed by atoms with van der Waals surface area (Å²) in [7, 11) is -2.43. The number of anilines is 2. The average molecular weight is 396 g/mol. The molecule has 0 saturated carbocycles. The first-order valence-corrected chi connectivity index (χ1v) is 10.0. The van der Waals surface area contributed by atoms with Gasteiger partial charge in [0.15, 0.2) is 0 Å². The summed E-state index contributed by atoms with van der Waals surface area (Å²) in [4.78, 5) is 12.5. The summed E-state index contributed by atoms with van der Waals surface area (Å²) in [6.07, 6.45) is 0. The highest BCUT2D eigenvalue weighted by molar-refractivity contribution is 7.92. The van der Waals surface area contributed by atoms with Crippen LogP contribution in [0.2, 0.25) is 0 Å². The van der Waals surface area contributed by atoms with Gasteiger partial charge in [-0.1, -0.05) is 36.4 Å². The Morgan fingerprint density at radius 1 is 0.893 bits per heavy atom. The van der Waals surface area contributed by atoms with Crippen molar-refractivity contribution < 1.29 is 17.9 Å². The molecular weight excluding hydrogens is 376 g/mol. The van der Waals surface area contributed by atoms with Crippen molar-refractivity contribution in [3.63, 3.8) is 0 Å². The number of ether oxygens (including phenoxy) is 1. The molecule has 3 rings (SSSR count). The zero-order valence-electron chi connectivity index (χ0n) is 15.5. The van der Waals surface area contributed by atoms with Gasteiger partial charge >= 0.3 is 0 Å². The Balaban J connectivity index is 1.86. The molecule has 0 fully saturated rings. The SMILES string of the molecule is COc1ccccc1NS(=O)(=O)c1cccc(C(=O)Nc2ccccc2C)c1. The maximum Gasteiger partial charge on any atom is 0.262 e. The van der Waals surface area contributed by atoms with Crippen molar-refractivity contribution in [2.24, 2.45) is 0 Å². The third-order valence-electron chi connectivity index (χ3n) is 4.15. The number of nitrogens with one attached hydrogen (secondary N) is 2. The van der Waals surface area contributed by atoms with Gasteiger partial charge in [-0.15, -0.1) is 0 Å². The van der Waals surface area contributed by atoms with Crippen LogP contribution in [0.25, 0.3) is 0 Å². The normalized spacial score (nSPS) is 10.9. The third-order valence-corrected chi connectivity index (χ3v) is 5.51. The molecule has 0 aliphatic carbocycles. The second-order valence-corrected chi connectivity index (χ2v) is 7.79. The fourth-order valence-corrected chi connectivity index (χ4v) is 3.76. The lowest BCUT2D eigenvalue weighted by Gasteiger charge is -2.12. The zero-order valence-corrected chi connectivity index (χ0v) is 16.3. The van der Waals surface area contributed by atoms with Crippen LogP contribution in [0.3, 0.4) is 0 Å². The van der Waals surface area contributed by atoms with Gasteiger partial charge < -0.3 is 10.1 Å². The van der Waals surface area contributed by atoms with Gasteiger partial charge in [-0.2, -0.15) is 0 Å². The quantitative estimate of drug-likeness (QED) is 0.658. The number of hydrogen-bond donors (Lipinski definition) is 2. The minimum Gasteiger partial charge on any atom is -0.495 e. The Morgan fingerprint density at radius 3 is 2.29 bits per heavy atom. The van der Waals surface area contributed by atoms with Gasteiger partial charge in [0.1, 0.15) is 5.75 Å². The predicted molar refractivity (Wildman–Crippen MR) is 109 cm³/mol. The van der Waals surface area contributed by atoms with Crippen molar-refractivity contribution in [2.75, 3.05) is 17.1 Å². The van der Waals surface area contributed by atoms with E-state index in [1.54, 1.807) is 36.4 Å². The summed E-state index contributed by atoms with van der Waals surface area (Å²) >= 11 is 0. The molecule has 28 heavy (non-hydrogen) atoms. The van der Waals surface area contributed by atoms with Gasteiger partial charge in [0.05, 0.1) is 17.7 Å². The largest absolute Gasteiger partial charge is 0.495 e. The first-order valence-electron chi connectivity index (χ1n) is 8.53. The fourth-order valence-electron chi connectivity index (χ4n) is 2.64. The highest BCUT2D eigenvalue weighted by Gasteiger charge is 2.18. The number of carbonyl (C=O) groups excluding carboxylic acids is 1. The minimum atomic E-state index is -3.89. The molecule has 0 aliphatic rings. The number of rotatable bonds is 6. The van der Waals surface area contributed by atoms with E-state index >= 15 is 0 Å². The number of para-hydroxylation sites is 3. The zero-order chi connectivity index (χ0) is 20.1. The van der Waals surface area contributed by atoms with Crippen LogP contribution in [0.1, 0.15) is 15.9 Å². The maximum absolute atomic E-state index is 12.8. The second-order valence-electron chi connectivity index (χ2n) is 6.10. The number of hydrogen-bond acceptors (Lipinski definition) is 4. The summed E-state index contributed by atoms with van der Waals surface area (Å²) in [5, 5.41) is 2.80. The number of benzene rings is 3. The summed E-state index contributed by atoms with van der Waals surface area (Å²) in [6.45, 7) is 1.88. The van der Waals surface area contributed by atoms with E-state index in [9.17, 15) is 13.2 Å². The van der Waals surface area contributed by atoms with E-state index in [-0.39, 0.29) is 16.4 Å². The molecule has 144 valence electrons. The van der Waals surface area contributed by atoms with E-state index < -0.39 is 10.0 Å². The first kappa shape index (κ1) is 19.4. The van der Waals surface area contributed by atoms with Crippen molar-refractivity contribution in [3.8, 4) is 5.75 Å². The Bertz CT molecular complexity index is 1110. The van der Waals surface area contributed by atoms with E-state index in [0.717, 1.165) is 5.56 Å². The molecule has 0 spiro atoms. The molecule has 3 aromatic carbocycles. The lowest BCUT2D eigenvalue weighted by atomic mass is 10.1. The van der Waals surface area contributed by atoms with Crippen LogP contribution < -0.4 is 14.8 Å². The van der Waals surface area contributed by atoms with Gasteiger partial charge in [0.2, 0.25) is 0 Å². The van der Waals surface area contributed by atoms with Crippen LogP contribution in [-0.4, -0.2) is 21.4 Å². The number of aryl methyl sites for hydroxylation is 1. The predicted octanol–water partition coefficient (Wildman–Crippen LogP) is 4.06. The van der Waals surface area contributed by atoms with E-state index in [2.05, 4.69) is 10.0 Å². The molecule has 6 nitrogen and oxygen atoms in total. The monoisotopic (exact) mass is 396 g/mol. The topological polar surface area (TPSA) is 84.5 Å². The number of amides is 1. The Hall–Kier alpha value is -3.32. The van der Waals surface area contributed by atoms with Crippen LogP contribution in [0, 0.1) is 6.92 Å². The molecule has 0 saturated heterocycles. The Labute approximate surface area is 164 Å². The van der Waals surface area contributed by atoms with Crippen LogP contribution in [0.15, 0.2) is 77.7 Å². The lowest BCUT2D eigenvalue weighted by molar-refractivity contribution is 0.102. The number of methoxy groups -OCH3 is 1. The highest BCUT2D eigenvalue weighted by Crippen LogP contribution is 2.26. The first-order chi connectivity index (χ1) is 13.4. The van der Waals surface area contributed by atoms with Gasteiger partial charge in [0, 0.05) is 11.3 Å². The molecule has 0 atom stereocenters. The second kappa shape index (κ2) is 8.14. The minimum absolute atomic E-state index is 0.0177. The third kappa shape index (κ3) is 4.32. The molecule has 0 radical (unpaired) electrons. The van der Waals surface area contributed by atoms with Crippen LogP contribution in [0.5, 0.6) is 5.75 Å². The summed E-state index contributed by atoms with van der Waals surface area (Å²) < 4.78 is 33.2. The van der Waals surface area contributed by atoms with E-state index in [0.29, 0.717) is 17.1 Å².